The van der Waals surface area contributed by atoms with Gasteiger partial charge in [0.2, 0.25) is 0 Å². The van der Waals surface area contributed by atoms with Crippen molar-refractivity contribution in [2.75, 3.05) is 7.11 Å². The SMILES string of the molecule is COc1cc(C(=O)N/N=C\c2ccc(Br)o2)ccc1I. The standard InChI is InChI=1S/C13H10BrIN2O3/c1-19-11-6-8(2-4-10(11)15)13(18)17-16-7-9-3-5-12(14)20-9/h2-7H,1H3,(H,17,18)/b16-7-. The van der Waals surface area contributed by atoms with Gasteiger partial charge in [0, 0.05) is 5.56 Å². The van der Waals surface area contributed by atoms with Gasteiger partial charge < -0.3 is 9.15 Å². The van der Waals surface area contributed by atoms with Crippen molar-refractivity contribution in [3.63, 3.8) is 0 Å². The summed E-state index contributed by atoms with van der Waals surface area (Å²) in [5.41, 5.74) is 2.90. The quantitative estimate of drug-likeness (QED) is 0.442. The van der Waals surface area contributed by atoms with E-state index in [4.69, 9.17) is 9.15 Å². The highest BCUT2D eigenvalue weighted by atomic mass is 127. The third-order valence-corrected chi connectivity index (χ3v) is 3.68. The zero-order valence-electron chi connectivity index (χ0n) is 10.4. The lowest BCUT2D eigenvalue weighted by Crippen LogP contribution is -2.17. The summed E-state index contributed by atoms with van der Waals surface area (Å²) in [7, 11) is 1.56. The molecule has 0 radical (unpaired) electrons. The number of carbonyl (C=O) groups is 1. The molecule has 0 saturated carbocycles. The van der Waals surface area contributed by atoms with Gasteiger partial charge in [-0.25, -0.2) is 5.43 Å². The van der Waals surface area contributed by atoms with Crippen LogP contribution in [0.1, 0.15) is 16.1 Å². The minimum atomic E-state index is -0.318. The van der Waals surface area contributed by atoms with E-state index >= 15 is 0 Å². The van der Waals surface area contributed by atoms with E-state index in [0.717, 1.165) is 3.57 Å². The zero-order chi connectivity index (χ0) is 14.5. The largest absolute Gasteiger partial charge is 0.496 e. The topological polar surface area (TPSA) is 63.8 Å². The Morgan fingerprint density at radius 1 is 1.45 bits per heavy atom. The molecule has 5 nitrogen and oxygen atoms in total. The van der Waals surface area contributed by atoms with E-state index in [1.54, 1.807) is 31.4 Å². The van der Waals surface area contributed by atoms with Crippen molar-refractivity contribution in [2.45, 2.75) is 0 Å². The maximum absolute atomic E-state index is 11.9. The van der Waals surface area contributed by atoms with E-state index in [2.05, 4.69) is 49.0 Å². The van der Waals surface area contributed by atoms with Crippen molar-refractivity contribution in [1.82, 2.24) is 5.43 Å². The Morgan fingerprint density at radius 2 is 2.25 bits per heavy atom. The molecule has 2 aromatic rings. The summed E-state index contributed by atoms with van der Waals surface area (Å²) < 4.78 is 11.9. The highest BCUT2D eigenvalue weighted by Crippen LogP contribution is 2.21. The van der Waals surface area contributed by atoms with E-state index in [-0.39, 0.29) is 5.91 Å². The Hall–Kier alpha value is -1.35. The number of amides is 1. The van der Waals surface area contributed by atoms with E-state index in [0.29, 0.717) is 21.7 Å². The van der Waals surface area contributed by atoms with Gasteiger partial charge >= 0.3 is 0 Å². The third kappa shape index (κ3) is 3.83. The van der Waals surface area contributed by atoms with Gasteiger partial charge in [-0.15, -0.1) is 0 Å². The Morgan fingerprint density at radius 3 is 2.90 bits per heavy atom. The summed E-state index contributed by atoms with van der Waals surface area (Å²) in [6.07, 6.45) is 1.42. The Bertz CT molecular complexity index is 655. The van der Waals surface area contributed by atoms with Crippen molar-refractivity contribution in [3.05, 3.63) is 49.9 Å². The number of nitrogens with one attached hydrogen (secondary N) is 1. The third-order valence-electron chi connectivity index (χ3n) is 2.37. The average Bonchev–Trinajstić information content (AvgIpc) is 2.85. The molecule has 0 spiro atoms. The van der Waals surface area contributed by atoms with Crippen LogP contribution in [0.3, 0.4) is 0 Å². The van der Waals surface area contributed by atoms with Gasteiger partial charge in [0.15, 0.2) is 4.67 Å². The molecule has 0 saturated heterocycles. The predicted molar refractivity (Wildman–Crippen MR) is 87.2 cm³/mol. The van der Waals surface area contributed by atoms with Crippen LogP contribution < -0.4 is 10.2 Å². The molecule has 1 heterocycles. The summed E-state index contributed by atoms with van der Waals surface area (Å²) in [6, 6.07) is 8.65. The molecule has 7 heteroatoms. The van der Waals surface area contributed by atoms with Crippen LogP contribution in [-0.2, 0) is 0 Å². The number of hydrogen-bond donors (Lipinski definition) is 1. The smallest absolute Gasteiger partial charge is 0.271 e. The highest BCUT2D eigenvalue weighted by molar-refractivity contribution is 14.1. The van der Waals surface area contributed by atoms with Crippen molar-refractivity contribution in [2.24, 2.45) is 5.10 Å². The number of nitrogens with zero attached hydrogens (tertiary/aromatic N) is 1. The van der Waals surface area contributed by atoms with Crippen molar-refractivity contribution in [3.8, 4) is 5.75 Å². The summed E-state index contributed by atoms with van der Waals surface area (Å²) in [5.74, 6) is 0.871. The average molecular weight is 449 g/mol. The molecule has 104 valence electrons. The first kappa shape index (κ1) is 15.0. The molecule has 0 aliphatic carbocycles. The van der Waals surface area contributed by atoms with Crippen molar-refractivity contribution >= 4 is 50.6 Å². The second-order valence-corrected chi connectivity index (χ2v) is 5.63. The first-order valence-electron chi connectivity index (χ1n) is 5.52. The Labute approximate surface area is 137 Å². The molecular weight excluding hydrogens is 439 g/mol. The van der Waals surface area contributed by atoms with Crippen LogP contribution in [0, 0.1) is 3.57 Å². The minimum Gasteiger partial charge on any atom is -0.496 e. The van der Waals surface area contributed by atoms with E-state index in [9.17, 15) is 4.79 Å². The molecule has 1 aromatic carbocycles. The van der Waals surface area contributed by atoms with Crippen LogP contribution in [0.2, 0.25) is 0 Å². The fourth-order valence-electron chi connectivity index (χ4n) is 1.42. The minimum absolute atomic E-state index is 0.318. The molecule has 0 unspecified atom stereocenters. The van der Waals surface area contributed by atoms with Crippen LogP contribution in [0.5, 0.6) is 5.75 Å². The van der Waals surface area contributed by atoms with Crippen molar-refractivity contribution < 1.29 is 13.9 Å². The second-order valence-electron chi connectivity index (χ2n) is 3.69. The van der Waals surface area contributed by atoms with Gasteiger partial charge in [-0.2, -0.15) is 5.10 Å². The molecule has 0 bridgehead atoms. The monoisotopic (exact) mass is 448 g/mol. The lowest BCUT2D eigenvalue weighted by molar-refractivity contribution is 0.0954. The fraction of sp³-hybridized carbons (Fsp3) is 0.0769. The van der Waals surface area contributed by atoms with Gasteiger partial charge in [0.1, 0.15) is 11.5 Å². The molecule has 20 heavy (non-hydrogen) atoms. The van der Waals surface area contributed by atoms with Gasteiger partial charge in [0.05, 0.1) is 16.9 Å². The second kappa shape index (κ2) is 6.89. The number of hydrazone groups is 1. The van der Waals surface area contributed by atoms with Gasteiger partial charge in [-0.1, -0.05) is 0 Å². The molecule has 1 N–H and O–H groups in total. The molecule has 1 amide bonds. The first-order valence-corrected chi connectivity index (χ1v) is 7.39. The molecule has 0 fully saturated rings. The Balaban J connectivity index is 2.03. The molecule has 1 aromatic heterocycles. The first-order chi connectivity index (χ1) is 9.60. The van der Waals surface area contributed by atoms with Gasteiger partial charge in [-0.3, -0.25) is 4.79 Å². The highest BCUT2D eigenvalue weighted by Gasteiger charge is 2.08. The number of halogens is 2. The normalized spacial score (nSPS) is 10.8. The van der Waals surface area contributed by atoms with E-state index < -0.39 is 0 Å². The number of benzene rings is 1. The van der Waals surface area contributed by atoms with Crippen LogP contribution in [0.4, 0.5) is 0 Å². The molecule has 0 aliphatic heterocycles. The number of hydrogen-bond acceptors (Lipinski definition) is 4. The maximum Gasteiger partial charge on any atom is 0.271 e. The van der Waals surface area contributed by atoms with Crippen LogP contribution in [0.15, 0.2) is 44.5 Å². The van der Waals surface area contributed by atoms with E-state index in [1.165, 1.54) is 6.21 Å². The van der Waals surface area contributed by atoms with Crippen LogP contribution >= 0.6 is 38.5 Å². The number of carbonyl (C=O) groups excluding carboxylic acids is 1. The summed E-state index contributed by atoms with van der Waals surface area (Å²) in [6.45, 7) is 0. The number of rotatable bonds is 4. The zero-order valence-corrected chi connectivity index (χ0v) is 14.1. The maximum atomic E-state index is 11.9. The number of methoxy groups -OCH3 is 1. The predicted octanol–water partition coefficient (Wildman–Crippen LogP) is 3.42. The van der Waals surface area contributed by atoms with Gasteiger partial charge in [-0.05, 0) is 68.9 Å². The van der Waals surface area contributed by atoms with Gasteiger partial charge in [0.25, 0.3) is 5.91 Å². The molecule has 2 rings (SSSR count). The Kier molecular flexibility index (Phi) is 5.18. The van der Waals surface area contributed by atoms with Crippen LogP contribution in [0.25, 0.3) is 0 Å². The molecule has 0 atom stereocenters. The number of furan rings is 1. The molecular formula is C13H10BrIN2O3. The lowest BCUT2D eigenvalue weighted by Gasteiger charge is -2.05. The van der Waals surface area contributed by atoms with E-state index in [1.807, 2.05) is 6.07 Å². The summed E-state index contributed by atoms with van der Waals surface area (Å²) in [5, 5.41) is 3.83. The number of ether oxygens (including phenoxy) is 1. The molecule has 0 aliphatic rings. The fourth-order valence-corrected chi connectivity index (χ4v) is 2.29. The summed E-state index contributed by atoms with van der Waals surface area (Å²) in [4.78, 5) is 11.9. The lowest BCUT2D eigenvalue weighted by atomic mass is 10.2. The van der Waals surface area contributed by atoms with Crippen LogP contribution in [-0.4, -0.2) is 19.2 Å². The summed E-state index contributed by atoms with van der Waals surface area (Å²) >= 11 is 5.32. The van der Waals surface area contributed by atoms with Crippen molar-refractivity contribution in [1.29, 1.82) is 0 Å².